The summed E-state index contributed by atoms with van der Waals surface area (Å²) in [6, 6.07) is 0. The zero-order valence-electron chi connectivity index (χ0n) is 9.83. The smallest absolute Gasteiger partial charge is 0.0175 e. The largest absolute Gasteiger partial charge is 0.354 e. The Labute approximate surface area is 92.2 Å². The first-order valence-corrected chi connectivity index (χ1v) is 5.96. The molecule has 3 rings (SSSR count). The Kier molecular flexibility index (Phi) is 1.72. The lowest BCUT2D eigenvalue weighted by atomic mass is 9.52. The lowest BCUT2D eigenvalue weighted by Gasteiger charge is -2.52. The molecule has 1 aliphatic heterocycles. The van der Waals surface area contributed by atoms with Crippen LogP contribution in [0.2, 0.25) is 0 Å². The molecular formula is C14H19N. The van der Waals surface area contributed by atoms with Gasteiger partial charge < -0.3 is 4.90 Å². The molecule has 3 unspecified atom stereocenters. The first-order chi connectivity index (χ1) is 7.14. The molecule has 2 aliphatic carbocycles. The Hall–Kier alpha value is -0.980. The summed E-state index contributed by atoms with van der Waals surface area (Å²) in [6.07, 6.45) is 11.5. The van der Waals surface area contributed by atoms with Gasteiger partial charge in [0.15, 0.2) is 0 Å². The molecule has 3 atom stereocenters. The van der Waals surface area contributed by atoms with E-state index >= 15 is 0 Å². The zero-order chi connectivity index (χ0) is 10.6. The Morgan fingerprint density at radius 1 is 1.40 bits per heavy atom. The highest BCUT2D eigenvalue weighted by atomic mass is 15.1. The average Bonchev–Trinajstić information content (AvgIpc) is 2.50. The van der Waals surface area contributed by atoms with Crippen molar-refractivity contribution in [2.24, 2.45) is 17.3 Å². The van der Waals surface area contributed by atoms with Crippen molar-refractivity contribution in [1.82, 2.24) is 4.90 Å². The molecule has 0 amide bonds. The minimum absolute atomic E-state index is 0.504. The van der Waals surface area contributed by atoms with Crippen LogP contribution in [0.1, 0.15) is 26.7 Å². The summed E-state index contributed by atoms with van der Waals surface area (Å²) in [5.74, 6) is 1.53. The van der Waals surface area contributed by atoms with E-state index in [4.69, 9.17) is 0 Å². The summed E-state index contributed by atoms with van der Waals surface area (Å²) >= 11 is 0. The molecule has 1 saturated carbocycles. The number of hydrogen-bond donors (Lipinski definition) is 0. The van der Waals surface area contributed by atoms with Crippen LogP contribution in [-0.2, 0) is 0 Å². The van der Waals surface area contributed by atoms with Gasteiger partial charge in [-0.25, -0.2) is 0 Å². The molecule has 0 spiro atoms. The first-order valence-electron chi connectivity index (χ1n) is 5.96. The molecule has 0 radical (unpaired) electrons. The van der Waals surface area contributed by atoms with E-state index in [0.717, 1.165) is 5.92 Å². The second-order valence-corrected chi connectivity index (χ2v) is 5.43. The maximum atomic E-state index is 2.45. The second kappa shape index (κ2) is 2.78. The van der Waals surface area contributed by atoms with Crippen LogP contribution in [0.25, 0.3) is 0 Å². The van der Waals surface area contributed by atoms with Gasteiger partial charge in [0.1, 0.15) is 0 Å². The maximum Gasteiger partial charge on any atom is 0.0175 e. The zero-order valence-corrected chi connectivity index (χ0v) is 9.83. The minimum atomic E-state index is 0.504. The molecular weight excluding hydrogens is 182 g/mol. The van der Waals surface area contributed by atoms with Crippen molar-refractivity contribution in [1.29, 1.82) is 0 Å². The Bertz CT molecular complexity index is 388. The highest BCUT2D eigenvalue weighted by Gasteiger charge is 2.55. The van der Waals surface area contributed by atoms with Gasteiger partial charge in [0, 0.05) is 24.9 Å². The van der Waals surface area contributed by atoms with Gasteiger partial charge in [-0.3, -0.25) is 0 Å². The van der Waals surface area contributed by atoms with Crippen LogP contribution in [0.3, 0.4) is 0 Å². The van der Waals surface area contributed by atoms with E-state index in [1.54, 1.807) is 11.3 Å². The van der Waals surface area contributed by atoms with Crippen molar-refractivity contribution in [2.45, 2.75) is 26.7 Å². The van der Waals surface area contributed by atoms with Crippen molar-refractivity contribution >= 4 is 0 Å². The standard InChI is InChI=1S/C14H19N/c1-10-11-6-4-5-9-15(3)12-7-8-14(10,2)13(11)12/h4-6,9-11H,7-8H2,1-3H3/b6-4-,9-5-. The fourth-order valence-corrected chi connectivity index (χ4v) is 3.66. The van der Waals surface area contributed by atoms with Crippen molar-refractivity contribution in [3.8, 4) is 0 Å². The fourth-order valence-electron chi connectivity index (χ4n) is 3.66. The van der Waals surface area contributed by atoms with Gasteiger partial charge in [0.2, 0.25) is 0 Å². The predicted molar refractivity (Wildman–Crippen MR) is 63.1 cm³/mol. The lowest BCUT2D eigenvalue weighted by Crippen LogP contribution is -2.45. The van der Waals surface area contributed by atoms with E-state index in [1.807, 2.05) is 0 Å². The fraction of sp³-hybridized carbons (Fsp3) is 0.571. The van der Waals surface area contributed by atoms with Crippen molar-refractivity contribution in [3.05, 3.63) is 35.7 Å². The van der Waals surface area contributed by atoms with Gasteiger partial charge in [-0.15, -0.1) is 0 Å². The molecule has 1 nitrogen and oxygen atoms in total. The van der Waals surface area contributed by atoms with Crippen LogP contribution in [0, 0.1) is 17.3 Å². The van der Waals surface area contributed by atoms with E-state index in [2.05, 4.69) is 50.2 Å². The van der Waals surface area contributed by atoms with Crippen LogP contribution >= 0.6 is 0 Å². The summed E-state index contributed by atoms with van der Waals surface area (Å²) in [6.45, 7) is 4.86. The van der Waals surface area contributed by atoms with E-state index in [1.165, 1.54) is 12.8 Å². The van der Waals surface area contributed by atoms with Crippen molar-refractivity contribution in [2.75, 3.05) is 7.05 Å². The number of hydrogen-bond acceptors (Lipinski definition) is 1. The Morgan fingerprint density at radius 2 is 2.20 bits per heavy atom. The van der Waals surface area contributed by atoms with Gasteiger partial charge >= 0.3 is 0 Å². The Balaban J connectivity index is 2.12. The molecule has 0 N–H and O–H groups in total. The SMILES string of the molecule is CC1C2/C=C\C=C/N(C)C3=C2C1(C)CC3. The van der Waals surface area contributed by atoms with Crippen molar-refractivity contribution < 1.29 is 0 Å². The van der Waals surface area contributed by atoms with Gasteiger partial charge in [-0.2, -0.15) is 0 Å². The van der Waals surface area contributed by atoms with E-state index < -0.39 is 0 Å². The average molecular weight is 201 g/mol. The van der Waals surface area contributed by atoms with Crippen LogP contribution in [0.15, 0.2) is 35.7 Å². The van der Waals surface area contributed by atoms with E-state index in [0.29, 0.717) is 11.3 Å². The quantitative estimate of drug-likeness (QED) is 0.581. The maximum absolute atomic E-state index is 2.45. The lowest BCUT2D eigenvalue weighted by molar-refractivity contribution is 0.114. The van der Waals surface area contributed by atoms with E-state index in [-0.39, 0.29) is 0 Å². The molecule has 0 aromatic carbocycles. The van der Waals surface area contributed by atoms with Crippen LogP contribution in [-0.4, -0.2) is 11.9 Å². The highest BCUT2D eigenvalue weighted by molar-refractivity contribution is 5.43. The molecule has 0 aromatic rings. The highest BCUT2D eigenvalue weighted by Crippen LogP contribution is 2.64. The monoisotopic (exact) mass is 201 g/mol. The Morgan fingerprint density at radius 3 is 3.00 bits per heavy atom. The topological polar surface area (TPSA) is 3.24 Å². The molecule has 0 bridgehead atoms. The van der Waals surface area contributed by atoms with Gasteiger partial charge in [0.25, 0.3) is 0 Å². The molecule has 1 heterocycles. The minimum Gasteiger partial charge on any atom is -0.354 e. The van der Waals surface area contributed by atoms with Gasteiger partial charge in [-0.1, -0.05) is 26.0 Å². The molecule has 1 fully saturated rings. The molecule has 1 heteroatoms. The molecule has 3 aliphatic rings. The predicted octanol–water partition coefficient (Wildman–Crippen LogP) is 3.32. The third kappa shape index (κ3) is 0.987. The normalized spacial score (nSPS) is 46.7. The third-order valence-corrected chi connectivity index (χ3v) is 4.85. The number of allylic oxidation sites excluding steroid dienone is 5. The van der Waals surface area contributed by atoms with Crippen LogP contribution < -0.4 is 0 Å². The summed E-state index contributed by atoms with van der Waals surface area (Å²) < 4.78 is 0. The third-order valence-electron chi connectivity index (χ3n) is 4.85. The number of nitrogens with zero attached hydrogens (tertiary/aromatic N) is 1. The molecule has 80 valence electrons. The molecule has 15 heavy (non-hydrogen) atoms. The van der Waals surface area contributed by atoms with E-state index in [9.17, 15) is 0 Å². The number of rotatable bonds is 0. The van der Waals surface area contributed by atoms with Gasteiger partial charge in [-0.05, 0) is 35.8 Å². The summed E-state index contributed by atoms with van der Waals surface area (Å²) in [5, 5.41) is 0. The second-order valence-electron chi connectivity index (χ2n) is 5.43. The van der Waals surface area contributed by atoms with Crippen LogP contribution in [0.5, 0.6) is 0 Å². The van der Waals surface area contributed by atoms with Crippen LogP contribution in [0.4, 0.5) is 0 Å². The summed E-state index contributed by atoms with van der Waals surface area (Å²) in [4.78, 5) is 2.32. The van der Waals surface area contributed by atoms with Crippen molar-refractivity contribution in [3.63, 3.8) is 0 Å². The summed E-state index contributed by atoms with van der Waals surface area (Å²) in [7, 11) is 2.18. The molecule has 0 aromatic heterocycles. The molecule has 0 saturated heterocycles. The summed E-state index contributed by atoms with van der Waals surface area (Å²) in [5.41, 5.74) is 3.81. The first kappa shape index (κ1) is 9.26. The van der Waals surface area contributed by atoms with Gasteiger partial charge in [0.05, 0.1) is 0 Å².